The third kappa shape index (κ3) is 20.0. The Bertz CT molecular complexity index is 365. The van der Waals surface area contributed by atoms with E-state index in [0.717, 1.165) is 18.8 Å². The molecule has 0 saturated carbocycles. The molecule has 0 aliphatic heterocycles. The highest BCUT2D eigenvalue weighted by Gasteiger charge is 2.39. The molecule has 0 amide bonds. The second kappa shape index (κ2) is 15.2. The van der Waals surface area contributed by atoms with Gasteiger partial charge in [0.1, 0.15) is 0 Å². The number of rotatable bonds is 6. The molecule has 0 aromatic carbocycles. The number of aliphatic hydroxyl groups excluding tert-OH is 1. The quantitative estimate of drug-likeness (QED) is 0.398. The summed E-state index contributed by atoms with van der Waals surface area (Å²) in [5, 5.41) is 9.01. The maximum absolute atomic E-state index is 9.01. The Morgan fingerprint density at radius 2 is 0.966 bits per heavy atom. The first-order chi connectivity index (χ1) is 12.7. The zero-order chi connectivity index (χ0) is 24.9. The molecule has 1 atom stereocenters. The second-order valence-corrected chi connectivity index (χ2v) is 13.2. The van der Waals surface area contributed by atoms with Crippen molar-refractivity contribution in [2.24, 2.45) is 27.6 Å². The Kier molecular flexibility index (Phi) is 19.2. The summed E-state index contributed by atoms with van der Waals surface area (Å²) in [4.78, 5) is 0. The predicted molar refractivity (Wildman–Crippen MR) is 142 cm³/mol. The molecule has 0 spiro atoms. The summed E-state index contributed by atoms with van der Waals surface area (Å²) in [6.45, 7) is 37.9. The average molecular weight is 435 g/mol. The van der Waals surface area contributed by atoms with Gasteiger partial charge in [-0.3, -0.25) is 0 Å². The molecule has 1 nitrogen and oxygen atoms in total. The number of hydrogen-bond acceptors (Lipinski definition) is 2. The molecule has 0 heterocycles. The summed E-state index contributed by atoms with van der Waals surface area (Å²) < 4.78 is -0.102. The lowest BCUT2D eigenvalue weighted by molar-refractivity contribution is 0.139. The smallest absolute Gasteiger partial charge is 0.0444 e. The average Bonchev–Trinajstić information content (AvgIpc) is 2.47. The fourth-order valence-electron chi connectivity index (χ4n) is 3.64. The van der Waals surface area contributed by atoms with E-state index < -0.39 is 0 Å². The highest BCUT2D eigenvalue weighted by Crippen LogP contribution is 2.46. The Hall–Kier alpha value is 0.310. The van der Waals surface area contributed by atoms with Crippen LogP contribution in [0.4, 0.5) is 0 Å². The summed E-state index contributed by atoms with van der Waals surface area (Å²) in [7, 11) is 0. The molecule has 29 heavy (non-hydrogen) atoms. The molecule has 0 rings (SSSR count). The third-order valence-corrected chi connectivity index (χ3v) is 6.41. The van der Waals surface area contributed by atoms with Gasteiger partial charge in [-0.1, -0.05) is 118 Å². The first-order valence-corrected chi connectivity index (χ1v) is 12.4. The predicted octanol–water partition coefficient (Wildman–Crippen LogP) is 9.68. The van der Waals surface area contributed by atoms with Crippen molar-refractivity contribution < 1.29 is 5.11 Å². The van der Waals surface area contributed by atoms with Gasteiger partial charge in [-0.15, -0.1) is 0 Å². The van der Waals surface area contributed by atoms with Gasteiger partial charge in [-0.2, -0.15) is 12.6 Å². The normalized spacial score (nSPS) is 14.5. The SMILES string of the molecule is CC.CC.CC(C)(C)CC(C)(C)C(C)(S)CCO.CC(C)C(C)(C)CC(C)(C)C. The van der Waals surface area contributed by atoms with Gasteiger partial charge in [0, 0.05) is 11.4 Å². The van der Waals surface area contributed by atoms with Gasteiger partial charge >= 0.3 is 0 Å². The minimum Gasteiger partial charge on any atom is -0.396 e. The summed E-state index contributed by atoms with van der Waals surface area (Å²) in [6.07, 6.45) is 3.16. The topological polar surface area (TPSA) is 20.2 Å². The van der Waals surface area contributed by atoms with Gasteiger partial charge in [0.05, 0.1) is 0 Å². The Balaban J connectivity index is -0.000000187. The van der Waals surface area contributed by atoms with Crippen LogP contribution in [0, 0.1) is 27.6 Å². The van der Waals surface area contributed by atoms with Gasteiger partial charge in [0.15, 0.2) is 0 Å². The molecule has 2 heteroatoms. The van der Waals surface area contributed by atoms with Crippen LogP contribution in [-0.4, -0.2) is 16.5 Å². The summed E-state index contributed by atoms with van der Waals surface area (Å²) in [5.41, 5.74) is 1.39. The minimum atomic E-state index is -0.102. The fourth-order valence-corrected chi connectivity index (χ4v) is 3.82. The van der Waals surface area contributed by atoms with Crippen LogP contribution in [0.2, 0.25) is 0 Å². The lowest BCUT2D eigenvalue weighted by atomic mass is 9.68. The largest absolute Gasteiger partial charge is 0.396 e. The minimum absolute atomic E-state index is 0.102. The van der Waals surface area contributed by atoms with Crippen LogP contribution in [0.25, 0.3) is 0 Å². The van der Waals surface area contributed by atoms with Gasteiger partial charge < -0.3 is 5.11 Å². The molecule has 0 aromatic heterocycles. The van der Waals surface area contributed by atoms with Crippen LogP contribution in [0.3, 0.4) is 0 Å². The molecule has 1 N–H and O–H groups in total. The van der Waals surface area contributed by atoms with Gasteiger partial charge in [0.2, 0.25) is 0 Å². The molecule has 0 bridgehead atoms. The van der Waals surface area contributed by atoms with Crippen LogP contribution < -0.4 is 0 Å². The zero-order valence-electron chi connectivity index (χ0n) is 23.8. The van der Waals surface area contributed by atoms with Gasteiger partial charge in [0.25, 0.3) is 0 Å². The number of thiol groups is 1. The summed E-state index contributed by atoms with van der Waals surface area (Å²) >= 11 is 4.70. The molecule has 0 saturated heterocycles. The molecule has 0 aliphatic carbocycles. The molecule has 1 unspecified atom stereocenters. The summed E-state index contributed by atoms with van der Waals surface area (Å²) in [6, 6.07) is 0. The van der Waals surface area contributed by atoms with Gasteiger partial charge in [-0.05, 0) is 46.8 Å². The fraction of sp³-hybridized carbons (Fsp3) is 1.00. The maximum atomic E-state index is 9.01. The third-order valence-electron chi connectivity index (χ3n) is 5.58. The highest BCUT2D eigenvalue weighted by molar-refractivity contribution is 7.81. The molecule has 0 radical (unpaired) electrons. The van der Waals surface area contributed by atoms with Crippen molar-refractivity contribution in [2.75, 3.05) is 6.61 Å². The Labute approximate surface area is 193 Å². The first-order valence-electron chi connectivity index (χ1n) is 12.0. The lowest BCUT2D eigenvalue weighted by Gasteiger charge is -2.44. The lowest BCUT2D eigenvalue weighted by Crippen LogP contribution is -2.40. The van der Waals surface area contributed by atoms with Gasteiger partial charge in [-0.25, -0.2) is 0 Å². The van der Waals surface area contributed by atoms with Crippen LogP contribution >= 0.6 is 12.6 Å². The highest BCUT2D eigenvalue weighted by atomic mass is 32.1. The summed E-state index contributed by atoms with van der Waals surface area (Å²) in [5.74, 6) is 0.779. The van der Waals surface area contributed by atoms with E-state index in [4.69, 9.17) is 17.7 Å². The van der Waals surface area contributed by atoms with E-state index in [0.29, 0.717) is 16.2 Å². The molecular formula is C27H62OS. The van der Waals surface area contributed by atoms with Crippen molar-refractivity contribution in [1.29, 1.82) is 0 Å². The van der Waals surface area contributed by atoms with E-state index in [1.54, 1.807) is 0 Å². The molecule has 0 fully saturated rings. The van der Waals surface area contributed by atoms with Crippen LogP contribution in [0.1, 0.15) is 137 Å². The monoisotopic (exact) mass is 434 g/mol. The Morgan fingerprint density at radius 1 is 0.655 bits per heavy atom. The van der Waals surface area contributed by atoms with Crippen molar-refractivity contribution >= 4 is 12.6 Å². The number of hydrogen-bond donors (Lipinski definition) is 2. The Morgan fingerprint density at radius 3 is 1.14 bits per heavy atom. The van der Waals surface area contributed by atoms with E-state index >= 15 is 0 Å². The van der Waals surface area contributed by atoms with Crippen molar-refractivity contribution in [1.82, 2.24) is 0 Å². The first kappa shape index (κ1) is 36.7. The molecule has 0 aliphatic rings. The van der Waals surface area contributed by atoms with Crippen LogP contribution in [0.15, 0.2) is 0 Å². The van der Waals surface area contributed by atoms with Crippen LogP contribution in [-0.2, 0) is 0 Å². The van der Waals surface area contributed by atoms with Crippen LogP contribution in [0.5, 0.6) is 0 Å². The molecular weight excluding hydrogens is 372 g/mol. The zero-order valence-corrected chi connectivity index (χ0v) is 24.7. The van der Waals surface area contributed by atoms with E-state index in [9.17, 15) is 0 Å². The molecule has 0 aromatic rings. The standard InChI is InChI=1S/C12H26OS.C11H24.2C2H6/c1-10(2,3)9-11(4,5)12(6,14)7-8-13;1-9(2)11(6,7)8-10(3,4)5;2*1-2/h13-14H,7-9H2,1-6H3;9H,8H2,1-7H3;2*1-2H3. The van der Waals surface area contributed by atoms with Crippen molar-refractivity contribution in [3.8, 4) is 0 Å². The van der Waals surface area contributed by atoms with Crippen molar-refractivity contribution in [3.05, 3.63) is 0 Å². The van der Waals surface area contributed by atoms with E-state index in [2.05, 4.69) is 90.0 Å². The van der Waals surface area contributed by atoms with Crippen molar-refractivity contribution in [3.63, 3.8) is 0 Å². The van der Waals surface area contributed by atoms with E-state index in [1.807, 2.05) is 27.7 Å². The molecule has 182 valence electrons. The van der Waals surface area contributed by atoms with E-state index in [1.165, 1.54) is 6.42 Å². The number of aliphatic hydroxyl groups is 1. The second-order valence-electron chi connectivity index (χ2n) is 12.2. The maximum Gasteiger partial charge on any atom is 0.0444 e. The van der Waals surface area contributed by atoms with E-state index in [-0.39, 0.29) is 16.8 Å². The van der Waals surface area contributed by atoms with Crippen molar-refractivity contribution in [2.45, 2.75) is 142 Å².